The number of hydrogen-bond acceptors (Lipinski definition) is 4. The van der Waals surface area contributed by atoms with Crippen LogP contribution < -0.4 is 14.8 Å². The van der Waals surface area contributed by atoms with Crippen LogP contribution in [-0.2, 0) is 4.79 Å². The van der Waals surface area contributed by atoms with Crippen molar-refractivity contribution in [3.05, 3.63) is 54.1 Å². The van der Waals surface area contributed by atoms with Gasteiger partial charge in [0.05, 0.1) is 17.9 Å². The van der Waals surface area contributed by atoms with E-state index in [4.69, 9.17) is 9.47 Å². The highest BCUT2D eigenvalue weighted by Gasteiger charge is 2.27. The number of amides is 2. The second-order valence-electron chi connectivity index (χ2n) is 8.36. The largest absolute Gasteiger partial charge is 0.494 e. The van der Waals surface area contributed by atoms with Crippen LogP contribution in [0.3, 0.4) is 0 Å². The van der Waals surface area contributed by atoms with Crippen LogP contribution in [0.5, 0.6) is 11.5 Å². The summed E-state index contributed by atoms with van der Waals surface area (Å²) < 4.78 is 11.1. The maximum absolute atomic E-state index is 13.1. The summed E-state index contributed by atoms with van der Waals surface area (Å²) in [6, 6.07) is 14.3. The number of nitrogens with zero attached hydrogens (tertiary/aromatic N) is 1. The Morgan fingerprint density at radius 1 is 0.968 bits per heavy atom. The standard InChI is InChI=1S/C25H32N2O4/c1-4-13-30-20-9-11-21(12-10-20)31-17-24(28)26-23-8-6-5-7-22(23)25(29)27-15-18(2)14-19(3)16-27/h5-12,18-19H,4,13-17H2,1-3H3,(H,26,28). The molecule has 1 saturated heterocycles. The molecule has 166 valence electrons. The Morgan fingerprint density at radius 3 is 2.23 bits per heavy atom. The molecule has 0 aromatic heterocycles. The van der Waals surface area contributed by atoms with E-state index in [9.17, 15) is 9.59 Å². The predicted octanol–water partition coefficient (Wildman–Crippen LogP) is 4.61. The third-order valence-corrected chi connectivity index (χ3v) is 5.25. The van der Waals surface area contributed by atoms with Crippen molar-refractivity contribution in [2.24, 2.45) is 11.8 Å². The van der Waals surface area contributed by atoms with Gasteiger partial charge in [0.15, 0.2) is 6.61 Å². The minimum atomic E-state index is -0.313. The van der Waals surface area contributed by atoms with E-state index < -0.39 is 0 Å². The zero-order valence-corrected chi connectivity index (χ0v) is 18.6. The maximum atomic E-state index is 13.1. The SMILES string of the molecule is CCCOc1ccc(OCC(=O)Nc2ccccc2C(=O)N2CC(C)CC(C)C2)cc1. The number of ether oxygens (including phenoxy) is 2. The summed E-state index contributed by atoms with van der Waals surface area (Å²) in [5.74, 6) is 1.94. The van der Waals surface area contributed by atoms with Gasteiger partial charge in [-0.2, -0.15) is 0 Å². The Labute approximate surface area is 184 Å². The van der Waals surface area contributed by atoms with Gasteiger partial charge in [0.2, 0.25) is 0 Å². The van der Waals surface area contributed by atoms with E-state index in [0.717, 1.165) is 31.7 Å². The van der Waals surface area contributed by atoms with Gasteiger partial charge in [-0.1, -0.05) is 32.9 Å². The molecule has 1 fully saturated rings. The second-order valence-corrected chi connectivity index (χ2v) is 8.36. The summed E-state index contributed by atoms with van der Waals surface area (Å²) in [5, 5.41) is 2.83. The molecular formula is C25H32N2O4. The van der Waals surface area contributed by atoms with Crippen molar-refractivity contribution in [2.45, 2.75) is 33.6 Å². The van der Waals surface area contributed by atoms with Crippen LogP contribution in [-0.4, -0.2) is 43.0 Å². The number of anilines is 1. The third-order valence-electron chi connectivity index (χ3n) is 5.25. The van der Waals surface area contributed by atoms with Crippen LogP contribution in [0.2, 0.25) is 0 Å². The Kier molecular flexibility index (Phi) is 7.93. The Balaban J connectivity index is 1.58. The molecule has 6 heteroatoms. The summed E-state index contributed by atoms with van der Waals surface area (Å²) >= 11 is 0. The van der Waals surface area contributed by atoms with E-state index in [1.165, 1.54) is 0 Å². The highest BCUT2D eigenvalue weighted by atomic mass is 16.5. The first-order valence-corrected chi connectivity index (χ1v) is 11.0. The number of carbonyl (C=O) groups excluding carboxylic acids is 2. The van der Waals surface area contributed by atoms with Crippen molar-refractivity contribution in [1.82, 2.24) is 4.90 Å². The molecule has 1 N–H and O–H groups in total. The molecule has 2 aromatic rings. The Bertz CT molecular complexity index is 871. The van der Waals surface area contributed by atoms with Gasteiger partial charge in [0.25, 0.3) is 11.8 Å². The molecule has 1 aliphatic rings. The van der Waals surface area contributed by atoms with Gasteiger partial charge in [-0.15, -0.1) is 0 Å². The van der Waals surface area contributed by atoms with E-state index in [0.29, 0.717) is 35.4 Å². The summed E-state index contributed by atoms with van der Waals surface area (Å²) in [7, 11) is 0. The molecular weight excluding hydrogens is 392 g/mol. The van der Waals surface area contributed by atoms with Crippen molar-refractivity contribution in [1.29, 1.82) is 0 Å². The molecule has 6 nitrogen and oxygen atoms in total. The Morgan fingerprint density at radius 2 is 1.58 bits per heavy atom. The van der Waals surface area contributed by atoms with E-state index in [1.807, 2.05) is 29.2 Å². The minimum Gasteiger partial charge on any atom is -0.494 e. The monoisotopic (exact) mass is 424 g/mol. The lowest BCUT2D eigenvalue weighted by Gasteiger charge is -2.35. The second kappa shape index (κ2) is 10.8. The van der Waals surface area contributed by atoms with Crippen LogP contribution in [0.25, 0.3) is 0 Å². The smallest absolute Gasteiger partial charge is 0.262 e. The number of nitrogens with one attached hydrogen (secondary N) is 1. The number of rotatable bonds is 8. The lowest BCUT2D eigenvalue weighted by Crippen LogP contribution is -2.42. The average Bonchev–Trinajstić information content (AvgIpc) is 2.76. The molecule has 0 spiro atoms. The first-order valence-electron chi connectivity index (χ1n) is 11.0. The molecule has 1 heterocycles. The van der Waals surface area contributed by atoms with E-state index in [2.05, 4.69) is 26.1 Å². The number of carbonyl (C=O) groups is 2. The lowest BCUT2D eigenvalue weighted by molar-refractivity contribution is -0.118. The molecule has 2 aromatic carbocycles. The summed E-state index contributed by atoms with van der Waals surface area (Å²) in [5.41, 5.74) is 1.02. The van der Waals surface area contributed by atoms with Crippen molar-refractivity contribution in [2.75, 3.05) is 31.6 Å². The van der Waals surface area contributed by atoms with E-state index in [1.54, 1.807) is 24.3 Å². The molecule has 2 atom stereocenters. The molecule has 2 unspecified atom stereocenters. The summed E-state index contributed by atoms with van der Waals surface area (Å²) in [4.78, 5) is 27.5. The molecule has 0 aliphatic carbocycles. The maximum Gasteiger partial charge on any atom is 0.262 e. The summed E-state index contributed by atoms with van der Waals surface area (Å²) in [6.45, 7) is 8.40. The third kappa shape index (κ3) is 6.48. The molecule has 2 amide bonds. The van der Waals surface area contributed by atoms with Gasteiger partial charge >= 0.3 is 0 Å². The number of benzene rings is 2. The van der Waals surface area contributed by atoms with Crippen molar-refractivity contribution < 1.29 is 19.1 Å². The fourth-order valence-electron chi connectivity index (χ4n) is 3.96. The quantitative estimate of drug-likeness (QED) is 0.672. The van der Waals surface area contributed by atoms with Crippen LogP contribution in [0.4, 0.5) is 5.69 Å². The molecule has 0 saturated carbocycles. The molecule has 1 aliphatic heterocycles. The van der Waals surface area contributed by atoms with E-state index in [-0.39, 0.29) is 18.4 Å². The average molecular weight is 425 g/mol. The normalized spacial score (nSPS) is 18.4. The Hall–Kier alpha value is -3.02. The van der Waals surface area contributed by atoms with Crippen LogP contribution in [0.15, 0.2) is 48.5 Å². The predicted molar refractivity (Wildman–Crippen MR) is 122 cm³/mol. The van der Waals surface area contributed by atoms with Gasteiger partial charge < -0.3 is 19.7 Å². The van der Waals surface area contributed by atoms with Gasteiger partial charge in [-0.3, -0.25) is 9.59 Å². The highest BCUT2D eigenvalue weighted by molar-refractivity contribution is 6.04. The van der Waals surface area contributed by atoms with Crippen LogP contribution >= 0.6 is 0 Å². The lowest BCUT2D eigenvalue weighted by atomic mass is 9.91. The zero-order chi connectivity index (χ0) is 22.2. The number of hydrogen-bond donors (Lipinski definition) is 1. The number of likely N-dealkylation sites (tertiary alicyclic amines) is 1. The first kappa shape index (κ1) is 22.7. The van der Waals surface area contributed by atoms with Gasteiger partial charge in [0, 0.05) is 13.1 Å². The topological polar surface area (TPSA) is 67.9 Å². The summed E-state index contributed by atoms with van der Waals surface area (Å²) in [6.07, 6.45) is 2.07. The van der Waals surface area contributed by atoms with Crippen molar-refractivity contribution in [3.8, 4) is 11.5 Å². The number of piperidine rings is 1. The molecule has 0 bridgehead atoms. The molecule has 3 rings (SSSR count). The van der Waals surface area contributed by atoms with Crippen molar-refractivity contribution in [3.63, 3.8) is 0 Å². The van der Waals surface area contributed by atoms with Crippen molar-refractivity contribution >= 4 is 17.5 Å². The van der Waals surface area contributed by atoms with Gasteiger partial charge in [-0.25, -0.2) is 0 Å². The highest BCUT2D eigenvalue weighted by Crippen LogP contribution is 2.25. The van der Waals surface area contributed by atoms with Crippen LogP contribution in [0.1, 0.15) is 44.0 Å². The van der Waals surface area contributed by atoms with Crippen LogP contribution in [0, 0.1) is 11.8 Å². The zero-order valence-electron chi connectivity index (χ0n) is 18.6. The van der Waals surface area contributed by atoms with Gasteiger partial charge in [-0.05, 0) is 61.1 Å². The fraction of sp³-hybridized carbons (Fsp3) is 0.440. The molecule has 0 radical (unpaired) electrons. The minimum absolute atomic E-state index is 0.0436. The number of para-hydroxylation sites is 1. The fourth-order valence-corrected chi connectivity index (χ4v) is 3.96. The molecule has 31 heavy (non-hydrogen) atoms. The van der Waals surface area contributed by atoms with Gasteiger partial charge in [0.1, 0.15) is 11.5 Å². The van der Waals surface area contributed by atoms with E-state index >= 15 is 0 Å². The first-order chi connectivity index (χ1) is 15.0.